The Morgan fingerprint density at radius 1 is 1.28 bits per heavy atom. The molecule has 7 heteroatoms. The summed E-state index contributed by atoms with van der Waals surface area (Å²) in [6.07, 6.45) is 0.914. The van der Waals surface area contributed by atoms with Crippen LogP contribution in [0.4, 0.5) is 5.13 Å². The summed E-state index contributed by atoms with van der Waals surface area (Å²) in [5.74, 6) is 0.962. The Morgan fingerprint density at radius 2 is 2.06 bits per heavy atom. The van der Waals surface area contributed by atoms with E-state index < -0.39 is 0 Å². The lowest BCUT2D eigenvalue weighted by Gasteiger charge is -2.00. The SMILES string of the molecule is CCc1nc(CSC(C)C)sc1-c1nnc(N)s1. The molecule has 18 heavy (non-hydrogen) atoms. The van der Waals surface area contributed by atoms with Crippen molar-refractivity contribution in [1.82, 2.24) is 15.2 Å². The third-order valence-corrected chi connectivity index (χ3v) is 5.54. The smallest absolute Gasteiger partial charge is 0.203 e. The van der Waals surface area contributed by atoms with Gasteiger partial charge in [0.05, 0.1) is 10.6 Å². The van der Waals surface area contributed by atoms with Gasteiger partial charge >= 0.3 is 0 Å². The second-order valence-corrected chi connectivity index (χ2v) is 7.70. The van der Waals surface area contributed by atoms with Crippen molar-refractivity contribution in [3.8, 4) is 9.88 Å². The average molecular weight is 300 g/mol. The van der Waals surface area contributed by atoms with Crippen LogP contribution >= 0.6 is 34.4 Å². The van der Waals surface area contributed by atoms with Crippen LogP contribution in [-0.4, -0.2) is 20.4 Å². The first kappa shape index (κ1) is 13.8. The molecule has 2 N–H and O–H groups in total. The number of anilines is 1. The standard InChI is InChI=1S/C11H16N4S3/c1-4-7-9(10-14-15-11(12)18-10)17-8(13-7)5-16-6(2)3/h6H,4-5H2,1-3H3,(H2,12,15). The van der Waals surface area contributed by atoms with Crippen LogP contribution < -0.4 is 5.73 Å². The summed E-state index contributed by atoms with van der Waals surface area (Å²) in [7, 11) is 0. The Labute approximate surface area is 119 Å². The van der Waals surface area contributed by atoms with Gasteiger partial charge in [0.2, 0.25) is 5.13 Å². The van der Waals surface area contributed by atoms with Crippen molar-refractivity contribution in [2.24, 2.45) is 0 Å². The van der Waals surface area contributed by atoms with Gasteiger partial charge in [-0.25, -0.2) is 4.98 Å². The minimum Gasteiger partial charge on any atom is -0.374 e. The van der Waals surface area contributed by atoms with Gasteiger partial charge in [0.1, 0.15) is 5.01 Å². The molecule has 0 saturated carbocycles. The first-order valence-corrected chi connectivity index (χ1v) is 8.47. The van der Waals surface area contributed by atoms with Crippen LogP contribution in [0.25, 0.3) is 9.88 Å². The molecule has 0 atom stereocenters. The van der Waals surface area contributed by atoms with E-state index in [1.807, 2.05) is 11.8 Å². The largest absolute Gasteiger partial charge is 0.374 e. The monoisotopic (exact) mass is 300 g/mol. The summed E-state index contributed by atoms with van der Waals surface area (Å²) in [6.45, 7) is 6.51. The third-order valence-electron chi connectivity index (χ3n) is 2.25. The number of rotatable bonds is 5. The zero-order valence-corrected chi connectivity index (χ0v) is 13.1. The molecule has 2 aromatic rings. The Hall–Kier alpha value is -0.660. The summed E-state index contributed by atoms with van der Waals surface area (Å²) in [6, 6.07) is 0. The molecule has 0 amide bonds. The molecule has 0 aliphatic rings. The van der Waals surface area contributed by atoms with E-state index in [-0.39, 0.29) is 0 Å². The van der Waals surface area contributed by atoms with E-state index in [9.17, 15) is 0 Å². The van der Waals surface area contributed by atoms with E-state index in [2.05, 4.69) is 36.0 Å². The van der Waals surface area contributed by atoms with Crippen molar-refractivity contribution in [2.75, 3.05) is 5.73 Å². The molecule has 0 aliphatic carbocycles. The van der Waals surface area contributed by atoms with Crippen LogP contribution in [-0.2, 0) is 12.2 Å². The van der Waals surface area contributed by atoms with Crippen molar-refractivity contribution in [1.29, 1.82) is 0 Å². The minimum absolute atomic E-state index is 0.513. The summed E-state index contributed by atoms with van der Waals surface area (Å²) in [5.41, 5.74) is 6.74. The molecule has 0 radical (unpaired) electrons. The molecule has 2 heterocycles. The number of aryl methyl sites for hydroxylation is 1. The maximum absolute atomic E-state index is 5.64. The highest BCUT2D eigenvalue weighted by atomic mass is 32.2. The van der Waals surface area contributed by atoms with Crippen LogP contribution in [0.5, 0.6) is 0 Å². The van der Waals surface area contributed by atoms with E-state index >= 15 is 0 Å². The highest BCUT2D eigenvalue weighted by molar-refractivity contribution is 7.99. The van der Waals surface area contributed by atoms with Crippen molar-refractivity contribution in [3.05, 3.63) is 10.7 Å². The molecule has 0 saturated heterocycles. The van der Waals surface area contributed by atoms with Gasteiger partial charge in [-0.2, -0.15) is 11.8 Å². The van der Waals surface area contributed by atoms with Crippen LogP contribution in [0.15, 0.2) is 0 Å². The Morgan fingerprint density at radius 3 is 2.61 bits per heavy atom. The number of aromatic nitrogens is 3. The highest BCUT2D eigenvalue weighted by Gasteiger charge is 2.15. The topological polar surface area (TPSA) is 64.7 Å². The van der Waals surface area contributed by atoms with E-state index in [4.69, 9.17) is 5.73 Å². The fourth-order valence-corrected chi connectivity index (χ4v) is 4.06. The number of nitrogens with two attached hydrogens (primary N) is 1. The summed E-state index contributed by atoms with van der Waals surface area (Å²) < 4.78 is 0. The maximum Gasteiger partial charge on any atom is 0.203 e. The Balaban J connectivity index is 2.24. The molecular weight excluding hydrogens is 284 g/mol. The predicted molar refractivity (Wildman–Crippen MR) is 81.2 cm³/mol. The van der Waals surface area contributed by atoms with Crippen molar-refractivity contribution >= 4 is 39.6 Å². The van der Waals surface area contributed by atoms with Gasteiger partial charge < -0.3 is 5.73 Å². The first-order chi connectivity index (χ1) is 8.60. The maximum atomic E-state index is 5.64. The van der Waals surface area contributed by atoms with Crippen LogP contribution in [0.1, 0.15) is 31.5 Å². The molecule has 4 nitrogen and oxygen atoms in total. The van der Waals surface area contributed by atoms with E-state index in [0.717, 1.165) is 32.8 Å². The molecule has 0 bridgehead atoms. The van der Waals surface area contributed by atoms with Gasteiger partial charge in [-0.1, -0.05) is 32.1 Å². The fraction of sp³-hybridized carbons (Fsp3) is 0.545. The van der Waals surface area contributed by atoms with Crippen molar-refractivity contribution in [3.63, 3.8) is 0 Å². The van der Waals surface area contributed by atoms with E-state index in [1.54, 1.807) is 11.3 Å². The number of hydrogen-bond donors (Lipinski definition) is 1. The molecule has 0 spiro atoms. The van der Waals surface area contributed by atoms with Crippen LogP contribution in [0, 0.1) is 0 Å². The van der Waals surface area contributed by atoms with Crippen LogP contribution in [0.3, 0.4) is 0 Å². The average Bonchev–Trinajstić information content (AvgIpc) is 2.92. The fourth-order valence-electron chi connectivity index (χ4n) is 1.43. The van der Waals surface area contributed by atoms with Gasteiger partial charge in [0.15, 0.2) is 5.01 Å². The molecule has 0 unspecified atom stereocenters. The van der Waals surface area contributed by atoms with Crippen molar-refractivity contribution in [2.45, 2.75) is 38.2 Å². The van der Waals surface area contributed by atoms with Crippen molar-refractivity contribution < 1.29 is 0 Å². The molecule has 98 valence electrons. The van der Waals surface area contributed by atoms with Gasteiger partial charge in [-0.15, -0.1) is 21.5 Å². The summed E-state index contributed by atoms with van der Waals surface area (Å²) in [5, 5.41) is 11.2. The van der Waals surface area contributed by atoms with Gasteiger partial charge in [0.25, 0.3) is 0 Å². The van der Waals surface area contributed by atoms with Crippen LogP contribution in [0.2, 0.25) is 0 Å². The lowest BCUT2D eigenvalue weighted by atomic mass is 10.3. The van der Waals surface area contributed by atoms with E-state index in [0.29, 0.717) is 10.4 Å². The third kappa shape index (κ3) is 3.21. The summed E-state index contributed by atoms with van der Waals surface area (Å²) in [4.78, 5) is 5.81. The number of hydrogen-bond acceptors (Lipinski definition) is 7. The normalized spacial score (nSPS) is 11.3. The van der Waals surface area contributed by atoms with Gasteiger partial charge in [0, 0.05) is 5.75 Å². The summed E-state index contributed by atoms with van der Waals surface area (Å²) >= 11 is 5.05. The second kappa shape index (κ2) is 5.99. The zero-order chi connectivity index (χ0) is 13.1. The Kier molecular flexibility index (Phi) is 4.58. The first-order valence-electron chi connectivity index (χ1n) is 5.79. The minimum atomic E-state index is 0.513. The molecule has 0 aliphatic heterocycles. The predicted octanol–water partition coefficient (Wildman–Crippen LogP) is 3.45. The lowest BCUT2D eigenvalue weighted by Crippen LogP contribution is -1.89. The Bertz CT molecular complexity index is 518. The highest BCUT2D eigenvalue weighted by Crippen LogP contribution is 2.35. The molecule has 0 fully saturated rings. The number of thiazole rings is 1. The molecule has 2 aromatic heterocycles. The van der Waals surface area contributed by atoms with E-state index in [1.165, 1.54) is 11.3 Å². The quantitative estimate of drug-likeness (QED) is 0.916. The number of thioether (sulfide) groups is 1. The number of nitrogen functional groups attached to an aromatic ring is 1. The van der Waals surface area contributed by atoms with Gasteiger partial charge in [-0.3, -0.25) is 0 Å². The zero-order valence-electron chi connectivity index (χ0n) is 10.6. The lowest BCUT2D eigenvalue weighted by molar-refractivity contribution is 1.03. The molecular formula is C11H16N4S3. The molecule has 0 aromatic carbocycles. The van der Waals surface area contributed by atoms with Gasteiger partial charge in [-0.05, 0) is 11.7 Å². The second-order valence-electron chi connectivity index (χ2n) is 4.04. The molecule has 2 rings (SSSR count). The number of nitrogens with zero attached hydrogens (tertiary/aromatic N) is 3.